The van der Waals surface area contributed by atoms with E-state index < -0.39 is 0 Å². The highest BCUT2D eigenvalue weighted by atomic mass is 16.5. The Bertz CT molecular complexity index is 1090. The number of morpholine rings is 1. The van der Waals surface area contributed by atoms with Crippen LogP contribution in [0.25, 0.3) is 11.0 Å². The van der Waals surface area contributed by atoms with Crippen molar-refractivity contribution in [2.75, 3.05) is 45.8 Å². The number of nitrogens with zero attached hydrogens (tertiary/aromatic N) is 1. The first-order chi connectivity index (χ1) is 15.6. The Kier molecular flexibility index (Phi) is 6.61. The zero-order valence-corrected chi connectivity index (χ0v) is 18.2. The quantitative estimate of drug-likeness (QED) is 0.607. The van der Waals surface area contributed by atoms with Gasteiger partial charge in [0.2, 0.25) is 11.7 Å². The maximum Gasteiger partial charge on any atom is 0.291 e. The largest absolute Gasteiger partial charge is 0.497 e. The van der Waals surface area contributed by atoms with Gasteiger partial charge >= 0.3 is 0 Å². The number of benzene rings is 2. The number of rotatable bonds is 7. The zero-order valence-electron chi connectivity index (χ0n) is 18.2. The summed E-state index contributed by atoms with van der Waals surface area (Å²) in [5.41, 5.74) is 1.88. The normalized spacial score (nSPS) is 13.8. The highest BCUT2D eigenvalue weighted by Gasteiger charge is 2.27. The minimum atomic E-state index is -0.252. The molecule has 4 rings (SSSR count). The van der Waals surface area contributed by atoms with Gasteiger partial charge in [-0.05, 0) is 36.2 Å². The third kappa shape index (κ3) is 4.70. The van der Waals surface area contributed by atoms with Gasteiger partial charge < -0.3 is 28.8 Å². The van der Waals surface area contributed by atoms with Crippen LogP contribution in [0.4, 0.5) is 5.69 Å². The van der Waals surface area contributed by atoms with E-state index in [4.69, 9.17) is 18.6 Å². The second-order valence-corrected chi connectivity index (χ2v) is 7.48. The Labute approximate surface area is 186 Å². The number of ether oxygens (including phenoxy) is 3. The number of nitrogens with one attached hydrogen (secondary N) is 1. The molecule has 8 nitrogen and oxygen atoms in total. The summed E-state index contributed by atoms with van der Waals surface area (Å²) in [5.74, 6) is 1.01. The molecule has 1 saturated heterocycles. The molecule has 0 saturated carbocycles. The van der Waals surface area contributed by atoms with E-state index in [9.17, 15) is 9.59 Å². The first-order valence-electron chi connectivity index (χ1n) is 10.5. The molecule has 0 aliphatic carbocycles. The predicted octanol–water partition coefficient (Wildman–Crippen LogP) is 3.49. The van der Waals surface area contributed by atoms with Crippen LogP contribution in [0.2, 0.25) is 0 Å². The van der Waals surface area contributed by atoms with E-state index in [0.717, 1.165) is 5.56 Å². The average Bonchev–Trinajstić information content (AvgIpc) is 3.20. The van der Waals surface area contributed by atoms with Crippen LogP contribution in [0.3, 0.4) is 0 Å². The number of carbonyl (C=O) groups excluding carboxylic acids is 2. The van der Waals surface area contributed by atoms with E-state index in [-0.39, 0.29) is 24.0 Å². The van der Waals surface area contributed by atoms with Crippen LogP contribution in [0.5, 0.6) is 11.5 Å². The van der Waals surface area contributed by atoms with Gasteiger partial charge in [0, 0.05) is 31.0 Å². The molecule has 0 radical (unpaired) electrons. The number of carbonyl (C=O) groups is 2. The van der Waals surface area contributed by atoms with E-state index in [1.165, 1.54) is 0 Å². The Morgan fingerprint density at radius 3 is 2.41 bits per heavy atom. The Balaban J connectivity index is 1.53. The molecule has 168 valence electrons. The number of aryl methyl sites for hydroxylation is 1. The maximum absolute atomic E-state index is 13.1. The minimum Gasteiger partial charge on any atom is -0.497 e. The van der Waals surface area contributed by atoms with Crippen molar-refractivity contribution in [2.24, 2.45) is 0 Å². The third-order valence-corrected chi connectivity index (χ3v) is 5.40. The summed E-state index contributed by atoms with van der Waals surface area (Å²) < 4.78 is 21.8. The van der Waals surface area contributed by atoms with Crippen LogP contribution in [-0.4, -0.2) is 57.2 Å². The van der Waals surface area contributed by atoms with E-state index in [0.29, 0.717) is 60.9 Å². The van der Waals surface area contributed by atoms with Gasteiger partial charge in [-0.2, -0.15) is 0 Å². The molecule has 1 N–H and O–H groups in total. The van der Waals surface area contributed by atoms with E-state index in [1.54, 1.807) is 31.3 Å². The molecule has 0 spiro atoms. The molecule has 1 fully saturated rings. The Morgan fingerprint density at radius 2 is 1.72 bits per heavy atom. The van der Waals surface area contributed by atoms with Crippen molar-refractivity contribution in [3.05, 3.63) is 53.8 Å². The number of hydrogen-bond acceptors (Lipinski definition) is 6. The molecule has 2 heterocycles. The van der Waals surface area contributed by atoms with Crippen LogP contribution in [0, 0.1) is 0 Å². The highest BCUT2D eigenvalue weighted by Crippen LogP contribution is 2.32. The second kappa shape index (κ2) is 9.74. The molecule has 1 aliphatic rings. The molecule has 0 atom stereocenters. The number of amides is 2. The van der Waals surface area contributed by atoms with Gasteiger partial charge in [0.1, 0.15) is 22.8 Å². The van der Waals surface area contributed by atoms with E-state index in [2.05, 4.69) is 5.32 Å². The van der Waals surface area contributed by atoms with Crippen molar-refractivity contribution in [1.82, 2.24) is 4.90 Å². The van der Waals surface area contributed by atoms with Gasteiger partial charge in [-0.1, -0.05) is 12.1 Å². The summed E-state index contributed by atoms with van der Waals surface area (Å²) in [4.78, 5) is 27.6. The standard InChI is InChI=1S/C24H26N2O6/c1-29-17-13-16(14-18(15-17)30-2)7-8-21(27)25-22-19-5-3-4-6-20(19)32-23(22)24(28)26-9-11-31-12-10-26/h3-6,13-15H,7-12H2,1-2H3,(H,25,27). The fourth-order valence-corrected chi connectivity index (χ4v) is 3.70. The van der Waals surface area contributed by atoms with Gasteiger partial charge in [0.15, 0.2) is 0 Å². The van der Waals surface area contributed by atoms with Crippen molar-refractivity contribution < 1.29 is 28.2 Å². The minimum absolute atomic E-state index is 0.143. The second-order valence-electron chi connectivity index (χ2n) is 7.48. The molecule has 8 heteroatoms. The third-order valence-electron chi connectivity index (χ3n) is 5.40. The van der Waals surface area contributed by atoms with Crippen LogP contribution >= 0.6 is 0 Å². The Hall–Kier alpha value is -3.52. The van der Waals surface area contributed by atoms with Gasteiger partial charge in [0.25, 0.3) is 5.91 Å². The molecule has 0 unspecified atom stereocenters. The summed E-state index contributed by atoms with van der Waals surface area (Å²) in [6.45, 7) is 1.94. The lowest BCUT2D eigenvalue weighted by molar-refractivity contribution is -0.116. The van der Waals surface area contributed by atoms with Crippen molar-refractivity contribution >= 4 is 28.5 Å². The van der Waals surface area contributed by atoms with Crippen LogP contribution < -0.4 is 14.8 Å². The average molecular weight is 438 g/mol. The zero-order chi connectivity index (χ0) is 22.5. The van der Waals surface area contributed by atoms with E-state index in [1.807, 2.05) is 30.3 Å². The van der Waals surface area contributed by atoms with Crippen LogP contribution in [0.1, 0.15) is 22.5 Å². The molecule has 1 aliphatic heterocycles. The smallest absolute Gasteiger partial charge is 0.291 e. The molecule has 3 aromatic rings. The van der Waals surface area contributed by atoms with Gasteiger partial charge in [-0.15, -0.1) is 0 Å². The molecule has 0 bridgehead atoms. The maximum atomic E-state index is 13.1. The molecule has 32 heavy (non-hydrogen) atoms. The fourth-order valence-electron chi connectivity index (χ4n) is 3.70. The number of fused-ring (bicyclic) bond motifs is 1. The summed E-state index contributed by atoms with van der Waals surface area (Å²) in [5, 5.41) is 3.60. The van der Waals surface area contributed by atoms with Crippen molar-refractivity contribution in [2.45, 2.75) is 12.8 Å². The van der Waals surface area contributed by atoms with Gasteiger partial charge in [-0.3, -0.25) is 9.59 Å². The number of para-hydroxylation sites is 1. The summed E-state index contributed by atoms with van der Waals surface area (Å²) in [6, 6.07) is 12.8. The summed E-state index contributed by atoms with van der Waals surface area (Å²) in [7, 11) is 3.17. The van der Waals surface area contributed by atoms with Crippen molar-refractivity contribution in [3.63, 3.8) is 0 Å². The van der Waals surface area contributed by atoms with Crippen LogP contribution in [0.15, 0.2) is 46.9 Å². The lowest BCUT2D eigenvalue weighted by Gasteiger charge is -2.26. The lowest BCUT2D eigenvalue weighted by Crippen LogP contribution is -2.40. The number of furan rings is 1. The number of hydrogen-bond donors (Lipinski definition) is 1. The molecule has 1 aromatic heterocycles. The molecular weight excluding hydrogens is 412 g/mol. The lowest BCUT2D eigenvalue weighted by atomic mass is 10.1. The Morgan fingerprint density at radius 1 is 1.03 bits per heavy atom. The van der Waals surface area contributed by atoms with Gasteiger partial charge in [0.05, 0.1) is 27.4 Å². The monoisotopic (exact) mass is 438 g/mol. The molecular formula is C24H26N2O6. The molecule has 2 amide bonds. The van der Waals surface area contributed by atoms with E-state index >= 15 is 0 Å². The summed E-state index contributed by atoms with van der Waals surface area (Å²) >= 11 is 0. The summed E-state index contributed by atoms with van der Waals surface area (Å²) in [6.07, 6.45) is 0.711. The topological polar surface area (TPSA) is 90.2 Å². The van der Waals surface area contributed by atoms with Crippen molar-refractivity contribution in [3.8, 4) is 11.5 Å². The number of anilines is 1. The number of methoxy groups -OCH3 is 2. The molecule has 2 aromatic carbocycles. The first-order valence-corrected chi connectivity index (χ1v) is 10.5. The highest BCUT2D eigenvalue weighted by molar-refractivity contribution is 6.10. The fraction of sp³-hybridized carbons (Fsp3) is 0.333. The SMILES string of the molecule is COc1cc(CCC(=O)Nc2c(C(=O)N3CCOCC3)oc3ccccc23)cc(OC)c1. The van der Waals surface area contributed by atoms with Crippen molar-refractivity contribution in [1.29, 1.82) is 0 Å². The first kappa shape index (κ1) is 21.7. The van der Waals surface area contributed by atoms with Gasteiger partial charge in [-0.25, -0.2) is 0 Å². The van der Waals surface area contributed by atoms with Crippen LogP contribution in [-0.2, 0) is 16.0 Å². The predicted molar refractivity (Wildman–Crippen MR) is 119 cm³/mol.